The van der Waals surface area contributed by atoms with E-state index < -0.39 is 0 Å². The molecule has 1 aromatic rings. The summed E-state index contributed by atoms with van der Waals surface area (Å²) in [5, 5.41) is 2.15. The quantitative estimate of drug-likeness (QED) is 0.738. The summed E-state index contributed by atoms with van der Waals surface area (Å²) in [6.07, 6.45) is 1.13. The second kappa shape index (κ2) is 3.88. The maximum Gasteiger partial charge on any atom is 0.0118 e. The van der Waals surface area contributed by atoms with Crippen LogP contribution in [0.1, 0.15) is 30.2 Å². The third-order valence-corrected chi connectivity index (χ3v) is 3.15. The zero-order chi connectivity index (χ0) is 8.27. The van der Waals surface area contributed by atoms with Gasteiger partial charge in [-0.15, -0.1) is 11.3 Å². The van der Waals surface area contributed by atoms with E-state index in [1.54, 1.807) is 0 Å². The third kappa shape index (κ3) is 1.82. The van der Waals surface area contributed by atoms with Gasteiger partial charge in [0.2, 0.25) is 0 Å². The first kappa shape index (κ1) is 8.75. The van der Waals surface area contributed by atoms with Gasteiger partial charge in [0.15, 0.2) is 0 Å². The molecule has 0 aliphatic carbocycles. The Balaban J connectivity index is 2.83. The second-order valence-corrected chi connectivity index (χ2v) is 3.75. The van der Waals surface area contributed by atoms with Gasteiger partial charge in [0, 0.05) is 10.8 Å². The summed E-state index contributed by atoms with van der Waals surface area (Å²) in [6, 6.07) is 2.20. The van der Waals surface area contributed by atoms with Crippen LogP contribution in [0, 0.1) is 0 Å². The molecule has 1 nitrogen and oxygen atoms in total. The highest BCUT2D eigenvalue weighted by atomic mass is 32.1. The van der Waals surface area contributed by atoms with Crippen molar-refractivity contribution in [2.24, 2.45) is 5.73 Å². The van der Waals surface area contributed by atoms with Crippen LogP contribution in [0.15, 0.2) is 11.4 Å². The van der Waals surface area contributed by atoms with Crippen LogP contribution < -0.4 is 5.73 Å². The molecule has 0 aliphatic heterocycles. The van der Waals surface area contributed by atoms with Crippen LogP contribution >= 0.6 is 11.3 Å². The number of thiophene rings is 1. The Bertz CT molecular complexity index is 217. The largest absolute Gasteiger partial charge is 0.330 e. The molecular weight excluding hydrogens is 154 g/mol. The highest BCUT2D eigenvalue weighted by Gasteiger charge is 2.08. The maximum atomic E-state index is 5.59. The Morgan fingerprint density at radius 1 is 1.64 bits per heavy atom. The van der Waals surface area contributed by atoms with E-state index in [0.717, 1.165) is 13.0 Å². The minimum Gasteiger partial charge on any atom is -0.330 e. The van der Waals surface area contributed by atoms with Gasteiger partial charge in [-0.05, 0) is 30.0 Å². The molecule has 0 spiro atoms. The van der Waals surface area contributed by atoms with Crippen LogP contribution in [0.4, 0.5) is 0 Å². The normalized spacial score (nSPS) is 13.4. The molecule has 0 amide bonds. The Morgan fingerprint density at radius 3 is 2.91 bits per heavy atom. The lowest BCUT2D eigenvalue weighted by Gasteiger charge is -2.07. The topological polar surface area (TPSA) is 26.0 Å². The summed E-state index contributed by atoms with van der Waals surface area (Å²) in [5.74, 6) is 0.532. The van der Waals surface area contributed by atoms with E-state index in [1.165, 1.54) is 10.4 Å². The minimum absolute atomic E-state index is 0.532. The molecule has 1 rings (SSSR count). The first-order valence-corrected chi connectivity index (χ1v) is 4.93. The standard InChI is InChI=1S/C9H15NS/c1-3-8-4-5-11-9(8)7(2)6-10/h4-5,7H,3,6,10H2,1-2H3. The molecular formula is C9H15NS. The van der Waals surface area contributed by atoms with Crippen molar-refractivity contribution in [2.45, 2.75) is 26.2 Å². The predicted molar refractivity (Wildman–Crippen MR) is 51.2 cm³/mol. The van der Waals surface area contributed by atoms with E-state index in [-0.39, 0.29) is 0 Å². The van der Waals surface area contributed by atoms with Gasteiger partial charge in [0.05, 0.1) is 0 Å². The molecule has 1 unspecified atom stereocenters. The van der Waals surface area contributed by atoms with Crippen molar-refractivity contribution in [3.63, 3.8) is 0 Å². The number of rotatable bonds is 3. The number of hydrogen-bond acceptors (Lipinski definition) is 2. The Labute approximate surface area is 72.2 Å². The van der Waals surface area contributed by atoms with E-state index in [1.807, 2.05) is 11.3 Å². The molecule has 0 aromatic carbocycles. The Kier molecular flexibility index (Phi) is 3.09. The summed E-state index contributed by atoms with van der Waals surface area (Å²) >= 11 is 1.83. The van der Waals surface area contributed by atoms with Gasteiger partial charge < -0.3 is 5.73 Å². The van der Waals surface area contributed by atoms with Gasteiger partial charge >= 0.3 is 0 Å². The SMILES string of the molecule is CCc1ccsc1C(C)CN. The zero-order valence-electron chi connectivity index (χ0n) is 7.13. The second-order valence-electron chi connectivity index (χ2n) is 2.80. The van der Waals surface area contributed by atoms with E-state index in [9.17, 15) is 0 Å². The fraction of sp³-hybridized carbons (Fsp3) is 0.556. The monoisotopic (exact) mass is 169 g/mol. The smallest absolute Gasteiger partial charge is 0.0118 e. The van der Waals surface area contributed by atoms with Crippen molar-refractivity contribution in [3.05, 3.63) is 21.9 Å². The molecule has 1 aromatic heterocycles. The molecule has 0 bridgehead atoms. The molecule has 2 heteroatoms. The van der Waals surface area contributed by atoms with Crippen LogP contribution in [0.5, 0.6) is 0 Å². The lowest BCUT2D eigenvalue weighted by atomic mass is 10.1. The van der Waals surface area contributed by atoms with Crippen LogP contribution in [0.25, 0.3) is 0 Å². The van der Waals surface area contributed by atoms with Gasteiger partial charge in [-0.2, -0.15) is 0 Å². The minimum atomic E-state index is 0.532. The van der Waals surface area contributed by atoms with Crippen molar-refractivity contribution < 1.29 is 0 Å². The van der Waals surface area contributed by atoms with Gasteiger partial charge in [0.25, 0.3) is 0 Å². The molecule has 62 valence electrons. The van der Waals surface area contributed by atoms with Crippen molar-refractivity contribution in [3.8, 4) is 0 Å². The molecule has 0 radical (unpaired) electrons. The lowest BCUT2D eigenvalue weighted by Crippen LogP contribution is -2.08. The van der Waals surface area contributed by atoms with Crippen LogP contribution in [0.3, 0.4) is 0 Å². The van der Waals surface area contributed by atoms with E-state index in [0.29, 0.717) is 5.92 Å². The van der Waals surface area contributed by atoms with Crippen molar-refractivity contribution in [1.29, 1.82) is 0 Å². The molecule has 0 fully saturated rings. The molecule has 0 saturated carbocycles. The summed E-state index contributed by atoms with van der Waals surface area (Å²) in [5.41, 5.74) is 7.06. The van der Waals surface area contributed by atoms with Crippen LogP contribution in [-0.2, 0) is 6.42 Å². The van der Waals surface area contributed by atoms with E-state index >= 15 is 0 Å². The van der Waals surface area contributed by atoms with Crippen molar-refractivity contribution in [2.75, 3.05) is 6.54 Å². The maximum absolute atomic E-state index is 5.59. The van der Waals surface area contributed by atoms with Crippen LogP contribution in [0.2, 0.25) is 0 Å². The third-order valence-electron chi connectivity index (χ3n) is 1.96. The van der Waals surface area contributed by atoms with Crippen molar-refractivity contribution >= 4 is 11.3 Å². The van der Waals surface area contributed by atoms with Crippen LogP contribution in [-0.4, -0.2) is 6.54 Å². The predicted octanol–water partition coefficient (Wildman–Crippen LogP) is 2.37. The fourth-order valence-corrected chi connectivity index (χ4v) is 2.25. The van der Waals surface area contributed by atoms with Gasteiger partial charge in [-0.1, -0.05) is 13.8 Å². The molecule has 1 heterocycles. The zero-order valence-corrected chi connectivity index (χ0v) is 7.95. The van der Waals surface area contributed by atoms with E-state index in [4.69, 9.17) is 5.73 Å². The van der Waals surface area contributed by atoms with Gasteiger partial charge in [-0.3, -0.25) is 0 Å². The van der Waals surface area contributed by atoms with E-state index in [2.05, 4.69) is 25.3 Å². The number of nitrogens with two attached hydrogens (primary N) is 1. The van der Waals surface area contributed by atoms with Gasteiger partial charge in [-0.25, -0.2) is 0 Å². The molecule has 0 saturated heterocycles. The summed E-state index contributed by atoms with van der Waals surface area (Å²) in [4.78, 5) is 1.47. The highest BCUT2D eigenvalue weighted by Crippen LogP contribution is 2.25. The summed E-state index contributed by atoms with van der Waals surface area (Å²) in [6.45, 7) is 5.13. The first-order chi connectivity index (χ1) is 5.29. The first-order valence-electron chi connectivity index (χ1n) is 4.06. The van der Waals surface area contributed by atoms with Crippen molar-refractivity contribution in [1.82, 2.24) is 0 Å². The molecule has 11 heavy (non-hydrogen) atoms. The highest BCUT2D eigenvalue weighted by molar-refractivity contribution is 7.10. The molecule has 1 atom stereocenters. The lowest BCUT2D eigenvalue weighted by molar-refractivity contribution is 0.779. The number of hydrogen-bond donors (Lipinski definition) is 1. The summed E-state index contributed by atoms with van der Waals surface area (Å²) < 4.78 is 0. The molecule has 2 N–H and O–H groups in total. The Hall–Kier alpha value is -0.340. The van der Waals surface area contributed by atoms with Gasteiger partial charge in [0.1, 0.15) is 0 Å². The summed E-state index contributed by atoms with van der Waals surface area (Å²) in [7, 11) is 0. The average molecular weight is 169 g/mol. The fourth-order valence-electron chi connectivity index (χ4n) is 1.18. The Morgan fingerprint density at radius 2 is 2.36 bits per heavy atom. The number of aryl methyl sites for hydroxylation is 1. The average Bonchev–Trinajstić information content (AvgIpc) is 2.50. The molecule has 0 aliphatic rings.